The molecule has 0 fully saturated rings. The van der Waals surface area contributed by atoms with Crippen LogP contribution in [0, 0.1) is 13.8 Å². The van der Waals surface area contributed by atoms with E-state index in [1.807, 2.05) is 62.4 Å². The molecule has 0 heterocycles. The Morgan fingerprint density at radius 2 is 1.64 bits per heavy atom. The lowest BCUT2D eigenvalue weighted by molar-refractivity contribution is -0.130. The number of nitrogens with zero attached hydrogens (tertiary/aromatic N) is 2. The van der Waals surface area contributed by atoms with Crippen LogP contribution in [0.5, 0.6) is 0 Å². The van der Waals surface area contributed by atoms with Crippen LogP contribution in [0.4, 0.5) is 5.69 Å². The fraction of sp³-hybridized carbons (Fsp3) is 0.333. The molecule has 0 N–H and O–H groups in total. The van der Waals surface area contributed by atoms with Gasteiger partial charge in [0.25, 0.3) is 0 Å². The van der Waals surface area contributed by atoms with Crippen molar-refractivity contribution in [3.8, 4) is 0 Å². The molecule has 0 saturated carbocycles. The fourth-order valence-electron chi connectivity index (χ4n) is 2.71. The highest BCUT2D eigenvalue weighted by Crippen LogP contribution is 2.19. The Kier molecular flexibility index (Phi) is 6.34. The Balaban J connectivity index is 1.99. The summed E-state index contributed by atoms with van der Waals surface area (Å²) in [5, 5.41) is 0. The van der Waals surface area contributed by atoms with E-state index in [9.17, 15) is 9.59 Å². The molecule has 2 aromatic rings. The third kappa shape index (κ3) is 5.18. The summed E-state index contributed by atoms with van der Waals surface area (Å²) in [6.45, 7) is 6.56. The molecule has 0 atom stereocenters. The Morgan fingerprint density at radius 3 is 2.24 bits per heavy atom. The fourth-order valence-corrected chi connectivity index (χ4v) is 2.71. The SMILES string of the molecule is CC(=O)N(CCC(=O)N(C)Cc1ccccc1)c1ccc(C)c(C)c1. The highest BCUT2D eigenvalue weighted by molar-refractivity contribution is 5.92. The van der Waals surface area contributed by atoms with Gasteiger partial charge >= 0.3 is 0 Å². The molecule has 25 heavy (non-hydrogen) atoms. The molecule has 0 aromatic heterocycles. The Morgan fingerprint density at radius 1 is 0.960 bits per heavy atom. The van der Waals surface area contributed by atoms with Gasteiger partial charge in [-0.1, -0.05) is 36.4 Å². The number of benzene rings is 2. The number of hydrogen-bond donors (Lipinski definition) is 0. The van der Waals surface area contributed by atoms with Crippen molar-refractivity contribution in [1.29, 1.82) is 0 Å². The number of carbonyl (C=O) groups excluding carboxylic acids is 2. The van der Waals surface area contributed by atoms with Crippen molar-refractivity contribution in [2.45, 2.75) is 33.7 Å². The zero-order valence-electron chi connectivity index (χ0n) is 15.5. The molecule has 0 saturated heterocycles. The van der Waals surface area contributed by atoms with Crippen molar-refractivity contribution in [2.75, 3.05) is 18.5 Å². The van der Waals surface area contributed by atoms with Crippen LogP contribution in [-0.4, -0.2) is 30.3 Å². The maximum absolute atomic E-state index is 12.4. The second-order valence-electron chi connectivity index (χ2n) is 6.42. The molecule has 0 unspecified atom stereocenters. The largest absolute Gasteiger partial charge is 0.341 e. The topological polar surface area (TPSA) is 40.6 Å². The van der Waals surface area contributed by atoms with Gasteiger partial charge in [-0.25, -0.2) is 0 Å². The van der Waals surface area contributed by atoms with Crippen LogP contribution in [-0.2, 0) is 16.1 Å². The van der Waals surface area contributed by atoms with E-state index in [1.165, 1.54) is 12.5 Å². The van der Waals surface area contributed by atoms with Gasteiger partial charge in [-0.2, -0.15) is 0 Å². The maximum Gasteiger partial charge on any atom is 0.224 e. The molecule has 0 spiro atoms. The molecule has 4 nitrogen and oxygen atoms in total. The summed E-state index contributed by atoms with van der Waals surface area (Å²) in [7, 11) is 1.80. The van der Waals surface area contributed by atoms with Crippen molar-refractivity contribution in [3.05, 3.63) is 65.2 Å². The molecule has 2 rings (SSSR count). The first-order valence-corrected chi connectivity index (χ1v) is 8.51. The van der Waals surface area contributed by atoms with Crippen LogP contribution in [0.15, 0.2) is 48.5 Å². The van der Waals surface area contributed by atoms with Crippen molar-refractivity contribution in [1.82, 2.24) is 4.90 Å². The van der Waals surface area contributed by atoms with Gasteiger partial charge in [0.15, 0.2) is 0 Å². The molecular formula is C21H26N2O2. The Hall–Kier alpha value is -2.62. The van der Waals surface area contributed by atoms with Gasteiger partial charge < -0.3 is 9.80 Å². The quantitative estimate of drug-likeness (QED) is 0.806. The summed E-state index contributed by atoms with van der Waals surface area (Å²) < 4.78 is 0. The highest BCUT2D eigenvalue weighted by atomic mass is 16.2. The third-order valence-electron chi connectivity index (χ3n) is 4.42. The van der Waals surface area contributed by atoms with Crippen LogP contribution in [0.3, 0.4) is 0 Å². The minimum absolute atomic E-state index is 0.0268. The summed E-state index contributed by atoms with van der Waals surface area (Å²) >= 11 is 0. The first-order chi connectivity index (χ1) is 11.9. The van der Waals surface area contributed by atoms with Gasteiger partial charge in [0.05, 0.1) is 0 Å². The summed E-state index contributed by atoms with van der Waals surface area (Å²) in [4.78, 5) is 27.8. The van der Waals surface area contributed by atoms with E-state index < -0.39 is 0 Å². The van der Waals surface area contributed by atoms with Gasteiger partial charge in [-0.3, -0.25) is 9.59 Å². The first kappa shape index (κ1) is 18.7. The molecule has 0 aliphatic carbocycles. The summed E-state index contributed by atoms with van der Waals surface area (Å²) in [5.41, 5.74) is 4.26. The Labute approximate surface area is 150 Å². The zero-order chi connectivity index (χ0) is 18.4. The monoisotopic (exact) mass is 338 g/mol. The van der Waals surface area contributed by atoms with Crippen LogP contribution >= 0.6 is 0 Å². The maximum atomic E-state index is 12.4. The molecular weight excluding hydrogens is 312 g/mol. The summed E-state index contributed by atoms with van der Waals surface area (Å²) in [6, 6.07) is 15.8. The normalized spacial score (nSPS) is 10.4. The lowest BCUT2D eigenvalue weighted by Crippen LogP contribution is -2.34. The van der Waals surface area contributed by atoms with E-state index in [0.717, 1.165) is 16.8 Å². The van der Waals surface area contributed by atoms with Crippen molar-refractivity contribution >= 4 is 17.5 Å². The molecule has 2 amide bonds. The number of anilines is 1. The molecule has 132 valence electrons. The third-order valence-corrected chi connectivity index (χ3v) is 4.42. The van der Waals surface area contributed by atoms with E-state index in [0.29, 0.717) is 19.5 Å². The Bertz CT molecular complexity index is 741. The predicted octanol–water partition coefficient (Wildman–Crippen LogP) is 3.71. The zero-order valence-corrected chi connectivity index (χ0v) is 15.5. The minimum Gasteiger partial charge on any atom is -0.341 e. The molecule has 0 aliphatic rings. The molecule has 2 aromatic carbocycles. The lowest BCUT2D eigenvalue weighted by atomic mass is 10.1. The van der Waals surface area contributed by atoms with Crippen LogP contribution in [0.2, 0.25) is 0 Å². The van der Waals surface area contributed by atoms with E-state index in [-0.39, 0.29) is 11.8 Å². The van der Waals surface area contributed by atoms with Gasteiger partial charge in [-0.05, 0) is 42.7 Å². The molecule has 0 radical (unpaired) electrons. The predicted molar refractivity (Wildman–Crippen MR) is 101 cm³/mol. The molecule has 4 heteroatoms. The van der Waals surface area contributed by atoms with Gasteiger partial charge in [-0.15, -0.1) is 0 Å². The first-order valence-electron chi connectivity index (χ1n) is 8.51. The van der Waals surface area contributed by atoms with E-state index >= 15 is 0 Å². The van der Waals surface area contributed by atoms with Crippen LogP contribution in [0.25, 0.3) is 0 Å². The van der Waals surface area contributed by atoms with Crippen molar-refractivity contribution in [3.63, 3.8) is 0 Å². The van der Waals surface area contributed by atoms with Crippen molar-refractivity contribution in [2.24, 2.45) is 0 Å². The number of aryl methyl sites for hydroxylation is 2. The van der Waals surface area contributed by atoms with E-state index in [1.54, 1.807) is 16.8 Å². The van der Waals surface area contributed by atoms with Crippen LogP contribution in [0.1, 0.15) is 30.0 Å². The second kappa shape index (κ2) is 8.47. The highest BCUT2D eigenvalue weighted by Gasteiger charge is 2.16. The molecule has 0 bridgehead atoms. The van der Waals surface area contributed by atoms with Gasteiger partial charge in [0, 0.05) is 39.2 Å². The second-order valence-corrected chi connectivity index (χ2v) is 6.42. The van der Waals surface area contributed by atoms with Crippen molar-refractivity contribution < 1.29 is 9.59 Å². The smallest absolute Gasteiger partial charge is 0.224 e. The average Bonchev–Trinajstić information content (AvgIpc) is 2.58. The van der Waals surface area contributed by atoms with Crippen LogP contribution < -0.4 is 4.90 Å². The summed E-state index contributed by atoms with van der Waals surface area (Å²) in [5.74, 6) is -0.0271. The number of rotatable bonds is 6. The average molecular weight is 338 g/mol. The van der Waals surface area contributed by atoms with E-state index in [2.05, 4.69) is 0 Å². The number of amides is 2. The minimum atomic E-state index is -0.0539. The van der Waals surface area contributed by atoms with Gasteiger partial charge in [0.2, 0.25) is 11.8 Å². The van der Waals surface area contributed by atoms with Gasteiger partial charge in [0.1, 0.15) is 0 Å². The number of hydrogen-bond acceptors (Lipinski definition) is 2. The van der Waals surface area contributed by atoms with E-state index in [4.69, 9.17) is 0 Å². The lowest BCUT2D eigenvalue weighted by Gasteiger charge is -2.24. The standard InChI is InChI=1S/C21H26N2O2/c1-16-10-11-20(14-17(16)2)23(18(3)24)13-12-21(25)22(4)15-19-8-6-5-7-9-19/h5-11,14H,12-13,15H2,1-4H3. The molecule has 0 aliphatic heterocycles. The number of carbonyl (C=O) groups is 2. The summed E-state index contributed by atoms with van der Waals surface area (Å²) in [6.07, 6.45) is 0.301.